The van der Waals surface area contributed by atoms with Crippen LogP contribution in [-0.4, -0.2) is 64.9 Å². The number of carbonyl (C=O) groups is 2. The van der Waals surface area contributed by atoms with Gasteiger partial charge in [-0.15, -0.1) is 10.2 Å². The Morgan fingerprint density at radius 2 is 1.63 bits per heavy atom. The molecular weight excluding hydrogens is 406 g/mol. The van der Waals surface area contributed by atoms with Crippen molar-refractivity contribution in [2.45, 2.75) is 0 Å². The molecule has 0 saturated carbocycles. The Bertz CT molecular complexity index is 1080. The smallest absolute Gasteiger partial charge is 0.405 e. The van der Waals surface area contributed by atoms with Gasteiger partial charge in [0.1, 0.15) is 12.2 Å². The number of amides is 2. The topological polar surface area (TPSA) is 98.7 Å². The van der Waals surface area contributed by atoms with E-state index in [1.165, 1.54) is 0 Å². The van der Waals surface area contributed by atoms with Gasteiger partial charge in [0.25, 0.3) is 0 Å². The molecule has 2 N–H and O–H groups in total. The molecule has 154 valence electrons. The number of carbonyl (C=O) groups excluding carboxylic acids is 1. The van der Waals surface area contributed by atoms with Crippen LogP contribution in [-0.2, 0) is 4.79 Å². The van der Waals surface area contributed by atoms with Crippen molar-refractivity contribution in [1.29, 1.82) is 0 Å². The standard InChI is InChI=1S/C21H20ClN5O3/c22-15-7-5-14(6-8-15)19-16-3-1-2-4-17(16)20(25-24-19)27-11-9-26(10-12-27)18(28)13-23-21(29)30/h1-8,23H,9-13H2,(H,29,30). The van der Waals surface area contributed by atoms with Gasteiger partial charge >= 0.3 is 6.09 Å². The summed E-state index contributed by atoms with van der Waals surface area (Å²) < 4.78 is 0. The highest BCUT2D eigenvalue weighted by Crippen LogP contribution is 2.32. The van der Waals surface area contributed by atoms with Crippen molar-refractivity contribution in [2.75, 3.05) is 37.6 Å². The van der Waals surface area contributed by atoms with Gasteiger partial charge in [0.05, 0.1) is 0 Å². The molecule has 1 aromatic heterocycles. The summed E-state index contributed by atoms with van der Waals surface area (Å²) >= 11 is 6.01. The van der Waals surface area contributed by atoms with Crippen molar-refractivity contribution in [3.8, 4) is 11.3 Å². The van der Waals surface area contributed by atoms with Crippen LogP contribution in [0.3, 0.4) is 0 Å². The van der Waals surface area contributed by atoms with Crippen molar-refractivity contribution in [1.82, 2.24) is 20.4 Å². The summed E-state index contributed by atoms with van der Waals surface area (Å²) in [7, 11) is 0. The van der Waals surface area contributed by atoms with Crippen LogP contribution in [0, 0.1) is 0 Å². The molecular formula is C21H20ClN5O3. The van der Waals surface area contributed by atoms with E-state index in [-0.39, 0.29) is 12.5 Å². The molecule has 0 bridgehead atoms. The number of fused-ring (bicyclic) bond motifs is 1. The van der Waals surface area contributed by atoms with Crippen molar-refractivity contribution in [3.63, 3.8) is 0 Å². The van der Waals surface area contributed by atoms with Gasteiger partial charge in [-0.1, -0.05) is 48.0 Å². The summed E-state index contributed by atoms with van der Waals surface area (Å²) in [6, 6.07) is 15.5. The fourth-order valence-electron chi connectivity index (χ4n) is 3.57. The third-order valence-electron chi connectivity index (χ3n) is 5.11. The van der Waals surface area contributed by atoms with E-state index in [9.17, 15) is 9.59 Å². The second kappa shape index (κ2) is 8.54. The minimum atomic E-state index is -1.20. The molecule has 2 amide bonds. The summed E-state index contributed by atoms with van der Waals surface area (Å²) in [4.78, 5) is 26.5. The van der Waals surface area contributed by atoms with E-state index in [4.69, 9.17) is 16.7 Å². The lowest BCUT2D eigenvalue weighted by Crippen LogP contribution is -2.51. The highest BCUT2D eigenvalue weighted by Gasteiger charge is 2.24. The van der Waals surface area contributed by atoms with E-state index in [1.807, 2.05) is 48.5 Å². The average Bonchev–Trinajstić information content (AvgIpc) is 2.77. The molecule has 30 heavy (non-hydrogen) atoms. The molecule has 0 aliphatic carbocycles. The minimum Gasteiger partial charge on any atom is -0.465 e. The van der Waals surface area contributed by atoms with Gasteiger partial charge in [0, 0.05) is 47.5 Å². The van der Waals surface area contributed by atoms with Crippen LogP contribution in [0.5, 0.6) is 0 Å². The molecule has 8 nitrogen and oxygen atoms in total. The number of halogens is 1. The maximum absolute atomic E-state index is 12.1. The van der Waals surface area contributed by atoms with Gasteiger partial charge in [0.2, 0.25) is 5.91 Å². The van der Waals surface area contributed by atoms with Gasteiger partial charge in [-0.05, 0) is 12.1 Å². The van der Waals surface area contributed by atoms with Crippen molar-refractivity contribution in [2.24, 2.45) is 0 Å². The molecule has 1 saturated heterocycles. The fraction of sp³-hybridized carbons (Fsp3) is 0.238. The van der Waals surface area contributed by atoms with Gasteiger partial charge < -0.3 is 20.2 Å². The molecule has 3 aromatic rings. The predicted molar refractivity (Wildman–Crippen MR) is 115 cm³/mol. The van der Waals surface area contributed by atoms with Crippen LogP contribution < -0.4 is 10.2 Å². The first-order valence-corrected chi connectivity index (χ1v) is 9.91. The molecule has 1 aliphatic heterocycles. The molecule has 0 spiro atoms. The number of hydrogen-bond donors (Lipinski definition) is 2. The maximum atomic E-state index is 12.1. The summed E-state index contributed by atoms with van der Waals surface area (Å²) in [6.45, 7) is 1.97. The molecule has 4 rings (SSSR count). The Labute approximate surface area is 178 Å². The zero-order valence-corrected chi connectivity index (χ0v) is 16.8. The largest absolute Gasteiger partial charge is 0.465 e. The van der Waals surface area contributed by atoms with Gasteiger partial charge in [-0.2, -0.15) is 0 Å². The van der Waals surface area contributed by atoms with E-state index < -0.39 is 6.09 Å². The van der Waals surface area contributed by atoms with Crippen molar-refractivity contribution < 1.29 is 14.7 Å². The van der Waals surface area contributed by atoms with Crippen molar-refractivity contribution in [3.05, 3.63) is 53.6 Å². The molecule has 0 atom stereocenters. The number of nitrogens with one attached hydrogen (secondary N) is 1. The molecule has 9 heteroatoms. The summed E-state index contributed by atoms with van der Waals surface area (Å²) in [5.41, 5.74) is 1.73. The lowest BCUT2D eigenvalue weighted by Gasteiger charge is -2.35. The van der Waals surface area contributed by atoms with E-state index in [0.717, 1.165) is 27.8 Å². The van der Waals surface area contributed by atoms with Gasteiger partial charge in [-0.25, -0.2) is 4.79 Å². The summed E-state index contributed by atoms with van der Waals surface area (Å²) in [5.74, 6) is 0.546. The fourth-order valence-corrected chi connectivity index (χ4v) is 3.70. The van der Waals surface area contributed by atoms with E-state index in [2.05, 4.69) is 20.4 Å². The molecule has 2 aromatic carbocycles. The number of rotatable bonds is 4. The quantitative estimate of drug-likeness (QED) is 0.667. The number of anilines is 1. The first-order chi connectivity index (χ1) is 14.5. The van der Waals surface area contributed by atoms with Crippen LogP contribution in [0.2, 0.25) is 5.02 Å². The lowest BCUT2D eigenvalue weighted by atomic mass is 10.0. The number of hydrogen-bond acceptors (Lipinski definition) is 5. The number of benzene rings is 2. The Kier molecular flexibility index (Phi) is 5.67. The summed E-state index contributed by atoms with van der Waals surface area (Å²) in [5, 5.41) is 22.4. The maximum Gasteiger partial charge on any atom is 0.405 e. The first kappa shape index (κ1) is 19.9. The Morgan fingerprint density at radius 3 is 2.30 bits per heavy atom. The molecule has 0 unspecified atom stereocenters. The highest BCUT2D eigenvalue weighted by molar-refractivity contribution is 6.30. The van der Waals surface area contributed by atoms with E-state index >= 15 is 0 Å². The van der Waals surface area contributed by atoms with Crippen LogP contribution in [0.15, 0.2) is 48.5 Å². The van der Waals surface area contributed by atoms with Crippen molar-refractivity contribution >= 4 is 40.2 Å². The number of aromatic nitrogens is 2. The number of carboxylic acid groups (broad SMARTS) is 1. The SMILES string of the molecule is O=C(O)NCC(=O)N1CCN(c2nnc(-c3ccc(Cl)cc3)c3ccccc23)CC1. The summed E-state index contributed by atoms with van der Waals surface area (Å²) in [6.07, 6.45) is -1.20. The van der Waals surface area contributed by atoms with E-state index in [1.54, 1.807) is 4.90 Å². The number of nitrogens with zero attached hydrogens (tertiary/aromatic N) is 4. The van der Waals surface area contributed by atoms with Crippen LogP contribution >= 0.6 is 11.6 Å². The normalized spacial score (nSPS) is 14.0. The first-order valence-electron chi connectivity index (χ1n) is 9.54. The average molecular weight is 426 g/mol. The molecule has 0 radical (unpaired) electrons. The van der Waals surface area contributed by atoms with Gasteiger partial charge in [0.15, 0.2) is 5.82 Å². The third-order valence-corrected chi connectivity index (χ3v) is 5.36. The monoisotopic (exact) mass is 425 g/mol. The van der Waals surface area contributed by atoms with Gasteiger partial charge in [-0.3, -0.25) is 4.79 Å². The Morgan fingerprint density at radius 1 is 0.967 bits per heavy atom. The minimum absolute atomic E-state index is 0.214. The predicted octanol–water partition coefficient (Wildman–Crippen LogP) is 2.87. The lowest BCUT2D eigenvalue weighted by molar-refractivity contribution is -0.130. The Balaban J connectivity index is 1.56. The molecule has 2 heterocycles. The van der Waals surface area contributed by atoms with Crippen LogP contribution in [0.4, 0.5) is 10.6 Å². The Hall–Kier alpha value is -3.39. The molecule has 1 aliphatic rings. The van der Waals surface area contributed by atoms with Crippen LogP contribution in [0.1, 0.15) is 0 Å². The van der Waals surface area contributed by atoms with Crippen LogP contribution in [0.25, 0.3) is 22.0 Å². The third kappa shape index (κ3) is 4.13. The molecule has 1 fully saturated rings. The zero-order chi connectivity index (χ0) is 21.1. The number of piperazine rings is 1. The van der Waals surface area contributed by atoms with E-state index in [0.29, 0.717) is 31.2 Å². The second-order valence-electron chi connectivity index (χ2n) is 6.95. The zero-order valence-electron chi connectivity index (χ0n) is 16.1. The highest BCUT2D eigenvalue weighted by atomic mass is 35.5. The second-order valence-corrected chi connectivity index (χ2v) is 7.39.